The van der Waals surface area contributed by atoms with Gasteiger partial charge >= 0.3 is 5.91 Å². The van der Waals surface area contributed by atoms with Gasteiger partial charge in [0.05, 0.1) is 32.9 Å². The molecule has 178 valence electrons. The average molecular weight is 566 g/mol. The van der Waals surface area contributed by atoms with Gasteiger partial charge in [-0.3, -0.25) is 14.5 Å². The summed E-state index contributed by atoms with van der Waals surface area (Å²) in [6.45, 7) is 1.88. The van der Waals surface area contributed by atoms with Gasteiger partial charge in [-0.25, -0.2) is 4.98 Å². The maximum Gasteiger partial charge on any atom is 0.301 e. The molecule has 5 rings (SSSR count). The van der Waals surface area contributed by atoms with Gasteiger partial charge in [0.15, 0.2) is 10.9 Å². The Morgan fingerprint density at radius 3 is 2.46 bits per heavy atom. The van der Waals surface area contributed by atoms with E-state index in [2.05, 4.69) is 4.98 Å². The highest BCUT2D eigenvalue weighted by Gasteiger charge is 2.48. The minimum Gasteiger partial charge on any atom is -0.507 e. The van der Waals surface area contributed by atoms with Crippen molar-refractivity contribution in [1.82, 2.24) is 4.98 Å². The normalized spacial score (nSPS) is 17.5. The number of anilines is 1. The molecule has 1 aliphatic rings. The van der Waals surface area contributed by atoms with Crippen molar-refractivity contribution in [3.05, 3.63) is 78.4 Å². The van der Waals surface area contributed by atoms with E-state index in [9.17, 15) is 14.7 Å². The molecule has 0 bridgehead atoms. The number of methoxy groups -OCH3 is 1. The predicted octanol–water partition coefficient (Wildman–Crippen LogP) is 7.26. The van der Waals surface area contributed by atoms with Crippen LogP contribution in [0.15, 0.2) is 47.4 Å². The molecule has 0 saturated carbocycles. The van der Waals surface area contributed by atoms with Crippen molar-refractivity contribution in [2.45, 2.75) is 13.0 Å². The number of ether oxygens (including phenoxy) is 1. The molecule has 0 spiro atoms. The maximum atomic E-state index is 13.3. The third kappa shape index (κ3) is 3.99. The molecule has 1 aliphatic heterocycles. The number of thiophene rings is 1. The Balaban J connectivity index is 1.71. The topological polar surface area (TPSA) is 79.7 Å². The summed E-state index contributed by atoms with van der Waals surface area (Å²) in [7, 11) is 1.42. The first kappa shape index (κ1) is 24.1. The first-order chi connectivity index (χ1) is 16.7. The molecule has 1 saturated heterocycles. The number of aliphatic hydroxyl groups is 1. The highest BCUT2D eigenvalue weighted by Crippen LogP contribution is 2.46. The van der Waals surface area contributed by atoms with Gasteiger partial charge in [-0.2, -0.15) is 0 Å². The highest BCUT2D eigenvalue weighted by molar-refractivity contribution is 7.22. The molecule has 0 radical (unpaired) electrons. The van der Waals surface area contributed by atoms with Crippen LogP contribution in [0.4, 0.5) is 5.13 Å². The van der Waals surface area contributed by atoms with Crippen molar-refractivity contribution >= 4 is 90.3 Å². The SMILES string of the molecule is COc1c(Cl)cc(/C(O)=C2\C(=O)C(=O)N(c3nc4cc(Cl)c(C)cc4s3)C2c2cccs2)cc1Cl. The first-order valence-electron chi connectivity index (χ1n) is 10.2. The Labute approximate surface area is 222 Å². The standard InChI is InChI=1S/C24H15Cl3N2O4S2/c1-10-6-17-15(9-12(10)25)28-24(35-17)29-19(16-4-3-5-34-16)18(21(31)23(29)32)20(30)11-7-13(26)22(33-2)14(27)8-11/h3-9,19,30H,1-2H3/b20-18+. The number of aromatic nitrogens is 1. The predicted molar refractivity (Wildman–Crippen MR) is 141 cm³/mol. The maximum absolute atomic E-state index is 13.3. The van der Waals surface area contributed by atoms with E-state index in [1.807, 2.05) is 24.4 Å². The number of hydrogen-bond donors (Lipinski definition) is 1. The van der Waals surface area contributed by atoms with E-state index in [1.165, 1.54) is 46.8 Å². The van der Waals surface area contributed by atoms with E-state index >= 15 is 0 Å². The lowest BCUT2D eigenvalue weighted by Gasteiger charge is -2.21. The fourth-order valence-electron chi connectivity index (χ4n) is 3.93. The van der Waals surface area contributed by atoms with Crippen molar-refractivity contribution < 1.29 is 19.4 Å². The monoisotopic (exact) mass is 564 g/mol. The van der Waals surface area contributed by atoms with Gasteiger partial charge in [0, 0.05) is 15.5 Å². The van der Waals surface area contributed by atoms with Crippen LogP contribution < -0.4 is 9.64 Å². The first-order valence-corrected chi connectivity index (χ1v) is 13.0. The summed E-state index contributed by atoms with van der Waals surface area (Å²) in [6.07, 6.45) is 0. The zero-order valence-electron chi connectivity index (χ0n) is 18.1. The number of carbonyl (C=O) groups is 2. The molecule has 35 heavy (non-hydrogen) atoms. The Bertz CT molecular complexity index is 1480. The smallest absolute Gasteiger partial charge is 0.301 e. The third-order valence-electron chi connectivity index (χ3n) is 5.60. The lowest BCUT2D eigenvalue weighted by Crippen LogP contribution is -2.28. The number of rotatable bonds is 4. The molecule has 0 aliphatic carbocycles. The summed E-state index contributed by atoms with van der Waals surface area (Å²) in [5.74, 6) is -1.78. The van der Waals surface area contributed by atoms with Gasteiger partial charge in [0.1, 0.15) is 11.8 Å². The van der Waals surface area contributed by atoms with E-state index in [1.54, 1.807) is 12.1 Å². The molecule has 1 N–H and O–H groups in total. The lowest BCUT2D eigenvalue weighted by molar-refractivity contribution is -0.132. The van der Waals surface area contributed by atoms with Crippen LogP contribution in [0.3, 0.4) is 0 Å². The van der Waals surface area contributed by atoms with Gasteiger partial charge in [0.25, 0.3) is 5.78 Å². The highest BCUT2D eigenvalue weighted by atomic mass is 35.5. The number of nitrogens with zero attached hydrogens (tertiary/aromatic N) is 2. The Hall–Kier alpha value is -2.62. The second-order valence-electron chi connectivity index (χ2n) is 7.72. The molecule has 3 heterocycles. The Morgan fingerprint density at radius 2 is 1.83 bits per heavy atom. The average Bonchev–Trinajstić information content (AvgIpc) is 3.53. The molecule has 2 aromatic heterocycles. The quantitative estimate of drug-likeness (QED) is 0.160. The molecule has 4 aromatic rings. The molecule has 2 aromatic carbocycles. The van der Waals surface area contributed by atoms with Crippen molar-refractivity contribution in [3.63, 3.8) is 0 Å². The number of benzene rings is 2. The van der Waals surface area contributed by atoms with Gasteiger partial charge in [-0.05, 0) is 48.2 Å². The molecule has 11 heteroatoms. The number of aliphatic hydroxyl groups excluding tert-OH is 1. The van der Waals surface area contributed by atoms with E-state index in [4.69, 9.17) is 39.5 Å². The van der Waals surface area contributed by atoms with Gasteiger partial charge in [-0.15, -0.1) is 11.3 Å². The molecule has 1 fully saturated rings. The summed E-state index contributed by atoms with van der Waals surface area (Å²) in [6, 6.07) is 9.20. The lowest BCUT2D eigenvalue weighted by atomic mass is 10.00. The van der Waals surface area contributed by atoms with E-state index in [0.29, 0.717) is 20.5 Å². The summed E-state index contributed by atoms with van der Waals surface area (Å²) in [5, 5.41) is 14.3. The molecular weight excluding hydrogens is 551 g/mol. The molecule has 1 amide bonds. The van der Waals surface area contributed by atoms with E-state index in [-0.39, 0.29) is 26.9 Å². The van der Waals surface area contributed by atoms with Crippen LogP contribution in [-0.2, 0) is 9.59 Å². The van der Waals surface area contributed by atoms with Crippen molar-refractivity contribution in [2.24, 2.45) is 0 Å². The summed E-state index contributed by atoms with van der Waals surface area (Å²) in [5.41, 5.74) is 1.59. The largest absolute Gasteiger partial charge is 0.507 e. The van der Waals surface area contributed by atoms with Crippen molar-refractivity contribution in [2.75, 3.05) is 12.0 Å². The van der Waals surface area contributed by atoms with Crippen LogP contribution in [0.25, 0.3) is 16.0 Å². The van der Waals surface area contributed by atoms with Crippen molar-refractivity contribution in [3.8, 4) is 5.75 Å². The number of aryl methyl sites for hydroxylation is 1. The minimum atomic E-state index is -0.883. The van der Waals surface area contributed by atoms with E-state index in [0.717, 1.165) is 10.3 Å². The molecule has 1 unspecified atom stereocenters. The van der Waals surface area contributed by atoms with Crippen LogP contribution in [0.2, 0.25) is 15.1 Å². The summed E-state index contributed by atoms with van der Waals surface area (Å²) >= 11 is 21.4. The number of ketones is 1. The number of halogens is 3. The number of Topliss-reactive ketones (excluding diaryl/α,β-unsaturated/α-hetero) is 1. The zero-order valence-corrected chi connectivity index (χ0v) is 22.0. The van der Waals surface area contributed by atoms with Gasteiger partial charge < -0.3 is 9.84 Å². The number of carbonyl (C=O) groups excluding carboxylic acids is 2. The van der Waals surface area contributed by atoms with E-state index < -0.39 is 23.5 Å². The fourth-order valence-corrected chi connectivity index (χ4v) is 6.63. The second-order valence-corrected chi connectivity index (χ2v) is 10.9. The summed E-state index contributed by atoms with van der Waals surface area (Å²) in [4.78, 5) is 33.2. The van der Waals surface area contributed by atoms with Crippen LogP contribution in [0.1, 0.15) is 22.0 Å². The summed E-state index contributed by atoms with van der Waals surface area (Å²) < 4.78 is 5.99. The van der Waals surface area contributed by atoms with Crippen LogP contribution >= 0.6 is 57.5 Å². The zero-order chi connectivity index (χ0) is 25.0. The number of thiazole rings is 1. The number of fused-ring (bicyclic) bond motifs is 1. The molecule has 1 atom stereocenters. The number of hydrogen-bond acceptors (Lipinski definition) is 7. The van der Waals surface area contributed by atoms with Crippen LogP contribution in [-0.4, -0.2) is 28.9 Å². The molecule has 6 nitrogen and oxygen atoms in total. The fraction of sp³-hybridized carbons (Fsp3) is 0.125. The van der Waals surface area contributed by atoms with Gasteiger partial charge in [0.2, 0.25) is 0 Å². The van der Waals surface area contributed by atoms with Gasteiger partial charge in [-0.1, -0.05) is 52.2 Å². The van der Waals surface area contributed by atoms with Crippen LogP contribution in [0, 0.1) is 6.92 Å². The molecular formula is C24H15Cl3N2O4S2. The Morgan fingerprint density at radius 1 is 1.11 bits per heavy atom. The third-order valence-corrected chi connectivity index (χ3v) is 8.51. The number of amides is 1. The van der Waals surface area contributed by atoms with Crippen LogP contribution in [0.5, 0.6) is 5.75 Å². The second kappa shape index (κ2) is 9.11. The minimum absolute atomic E-state index is 0.0804. The Kier molecular flexibility index (Phi) is 6.27. The van der Waals surface area contributed by atoms with Crippen molar-refractivity contribution in [1.29, 1.82) is 0 Å².